The van der Waals surface area contributed by atoms with Crippen LogP contribution in [-0.2, 0) is 21.4 Å². The van der Waals surface area contributed by atoms with Crippen molar-refractivity contribution in [3.63, 3.8) is 0 Å². The Bertz CT molecular complexity index is 628. The van der Waals surface area contributed by atoms with Crippen LogP contribution >= 0.6 is 0 Å². The van der Waals surface area contributed by atoms with Crippen LogP contribution in [0.4, 0.5) is 5.69 Å². The minimum atomic E-state index is -3.66. The van der Waals surface area contributed by atoms with E-state index in [4.69, 9.17) is 5.14 Å². The van der Waals surface area contributed by atoms with Gasteiger partial charge in [0, 0.05) is 38.3 Å². The molecule has 0 radical (unpaired) electrons. The molecule has 2 aliphatic rings. The highest BCUT2D eigenvalue weighted by Crippen LogP contribution is 2.26. The minimum Gasteiger partial charge on any atom is -0.373 e. The van der Waals surface area contributed by atoms with Crippen LogP contribution in [0.3, 0.4) is 0 Å². The topological polar surface area (TPSA) is 95.7 Å². The van der Waals surface area contributed by atoms with Gasteiger partial charge < -0.3 is 10.2 Å². The highest BCUT2D eigenvalue weighted by Gasteiger charge is 2.33. The molecule has 0 saturated carbocycles. The largest absolute Gasteiger partial charge is 0.373 e. The Labute approximate surface area is 123 Å². The molecule has 1 amide bonds. The lowest BCUT2D eigenvalue weighted by Crippen LogP contribution is -2.54. The van der Waals surface area contributed by atoms with Crippen LogP contribution in [0.15, 0.2) is 24.3 Å². The third-order valence-electron chi connectivity index (χ3n) is 3.98. The molecule has 0 spiro atoms. The first-order valence-electron chi connectivity index (χ1n) is 6.86. The zero-order chi connectivity index (χ0) is 15.0. The summed E-state index contributed by atoms with van der Waals surface area (Å²) in [4.78, 5) is 14.2. The van der Waals surface area contributed by atoms with Crippen molar-refractivity contribution in [3.8, 4) is 0 Å². The predicted octanol–water partition coefficient (Wildman–Crippen LogP) is -0.629. The highest BCUT2D eigenvalue weighted by atomic mass is 32.2. The second-order valence-corrected chi connectivity index (χ2v) is 6.87. The number of nitrogens with zero attached hydrogens (tertiary/aromatic N) is 2. The summed E-state index contributed by atoms with van der Waals surface area (Å²) >= 11 is 0. The number of nitrogens with two attached hydrogens (primary N) is 1. The summed E-state index contributed by atoms with van der Waals surface area (Å²) in [7, 11) is -3.66. The molecular weight excluding hydrogens is 292 g/mol. The lowest BCUT2D eigenvalue weighted by molar-refractivity contribution is -0.133. The number of carbonyl (C=O) groups excluding carboxylic acids is 1. The molecule has 2 aliphatic heterocycles. The Hall–Kier alpha value is -1.64. The molecular formula is C13H18N4O3S. The number of hydrogen-bond acceptors (Lipinski definition) is 4. The number of hydrogen-bond donors (Lipinski definition) is 2. The fourth-order valence-electron chi connectivity index (χ4n) is 2.83. The van der Waals surface area contributed by atoms with Gasteiger partial charge in [-0.3, -0.25) is 4.79 Å². The Kier molecular flexibility index (Phi) is 3.60. The van der Waals surface area contributed by atoms with Crippen LogP contribution in [0.25, 0.3) is 0 Å². The van der Waals surface area contributed by atoms with Crippen molar-refractivity contribution in [3.05, 3.63) is 29.8 Å². The van der Waals surface area contributed by atoms with Crippen molar-refractivity contribution in [2.75, 3.05) is 31.5 Å². The molecule has 0 aromatic heterocycles. The smallest absolute Gasteiger partial charge is 0.277 e. The number of rotatable bonds is 2. The van der Waals surface area contributed by atoms with Crippen molar-refractivity contribution in [1.29, 1.82) is 0 Å². The number of fused-ring (bicyclic) bond motifs is 1. The van der Waals surface area contributed by atoms with E-state index in [9.17, 15) is 13.2 Å². The molecule has 1 atom stereocenters. The van der Waals surface area contributed by atoms with Crippen molar-refractivity contribution >= 4 is 21.8 Å². The zero-order valence-electron chi connectivity index (χ0n) is 11.5. The number of piperazine rings is 1. The third kappa shape index (κ3) is 2.87. The van der Waals surface area contributed by atoms with Gasteiger partial charge in [-0.1, -0.05) is 18.2 Å². The molecule has 2 heterocycles. The predicted molar refractivity (Wildman–Crippen MR) is 78.8 cm³/mol. The Morgan fingerprint density at radius 1 is 1.19 bits per heavy atom. The van der Waals surface area contributed by atoms with E-state index in [0.29, 0.717) is 19.5 Å². The fraction of sp³-hybridized carbons (Fsp3) is 0.462. The number of nitrogens with one attached hydrogen (secondary N) is 1. The number of carbonyl (C=O) groups is 1. The van der Waals surface area contributed by atoms with E-state index in [1.165, 1.54) is 4.31 Å². The van der Waals surface area contributed by atoms with Gasteiger partial charge in [0.15, 0.2) is 0 Å². The summed E-state index contributed by atoms with van der Waals surface area (Å²) in [5, 5.41) is 8.32. The van der Waals surface area contributed by atoms with E-state index in [1.807, 2.05) is 24.3 Å². The highest BCUT2D eigenvalue weighted by molar-refractivity contribution is 7.86. The molecule has 0 bridgehead atoms. The van der Waals surface area contributed by atoms with Crippen LogP contribution in [-0.4, -0.2) is 55.8 Å². The van der Waals surface area contributed by atoms with Gasteiger partial charge in [-0.05, 0) is 11.6 Å². The van der Waals surface area contributed by atoms with Gasteiger partial charge in [-0.25, -0.2) is 5.14 Å². The number of amides is 1. The molecule has 0 aliphatic carbocycles. The lowest BCUT2D eigenvalue weighted by atomic mass is 10.1. The molecule has 0 unspecified atom stereocenters. The Morgan fingerprint density at radius 2 is 1.86 bits per heavy atom. The molecule has 21 heavy (non-hydrogen) atoms. The summed E-state index contributed by atoms with van der Waals surface area (Å²) in [5.74, 6) is 0.0141. The van der Waals surface area contributed by atoms with Crippen molar-refractivity contribution in [2.24, 2.45) is 5.14 Å². The molecule has 1 aromatic rings. The third-order valence-corrected chi connectivity index (χ3v) is 5.06. The monoisotopic (exact) mass is 310 g/mol. The van der Waals surface area contributed by atoms with Crippen LogP contribution < -0.4 is 10.5 Å². The zero-order valence-corrected chi connectivity index (χ0v) is 12.3. The van der Waals surface area contributed by atoms with Gasteiger partial charge in [-0.2, -0.15) is 12.7 Å². The quantitative estimate of drug-likeness (QED) is 0.760. The van der Waals surface area contributed by atoms with Crippen molar-refractivity contribution in [2.45, 2.75) is 12.5 Å². The number of benzene rings is 1. The fourth-order valence-corrected chi connectivity index (χ4v) is 3.50. The van der Waals surface area contributed by atoms with Gasteiger partial charge in [0.25, 0.3) is 10.2 Å². The summed E-state index contributed by atoms with van der Waals surface area (Å²) in [5.41, 5.74) is 2.14. The maximum atomic E-state index is 12.5. The summed E-state index contributed by atoms with van der Waals surface area (Å²) in [6, 6.07) is 7.60. The van der Waals surface area contributed by atoms with Gasteiger partial charge >= 0.3 is 0 Å². The maximum Gasteiger partial charge on any atom is 0.277 e. The van der Waals surface area contributed by atoms with Crippen molar-refractivity contribution in [1.82, 2.24) is 9.21 Å². The molecule has 1 aromatic carbocycles. The minimum absolute atomic E-state index is 0.0141. The molecule has 7 nitrogen and oxygen atoms in total. The van der Waals surface area contributed by atoms with Crippen LogP contribution in [0.1, 0.15) is 5.56 Å². The van der Waals surface area contributed by atoms with Crippen LogP contribution in [0.5, 0.6) is 0 Å². The first-order chi connectivity index (χ1) is 9.95. The molecule has 8 heteroatoms. The molecule has 1 fully saturated rings. The van der Waals surface area contributed by atoms with Crippen LogP contribution in [0, 0.1) is 0 Å². The van der Waals surface area contributed by atoms with E-state index in [-0.39, 0.29) is 25.0 Å². The molecule has 114 valence electrons. The SMILES string of the molecule is NS(=O)(=O)N1CCN(C(=O)[C@@H]2Cc3ccccc3N2)CC1. The summed E-state index contributed by atoms with van der Waals surface area (Å²) in [6.07, 6.45) is 0.671. The Morgan fingerprint density at radius 3 is 2.48 bits per heavy atom. The number of anilines is 1. The molecule has 1 saturated heterocycles. The molecule has 3 rings (SSSR count). The van der Waals surface area contributed by atoms with Gasteiger partial charge in [0.2, 0.25) is 5.91 Å². The van der Waals surface area contributed by atoms with E-state index in [0.717, 1.165) is 11.3 Å². The van der Waals surface area contributed by atoms with Crippen LogP contribution in [0.2, 0.25) is 0 Å². The van der Waals surface area contributed by atoms with E-state index in [2.05, 4.69) is 5.32 Å². The van der Waals surface area contributed by atoms with E-state index < -0.39 is 10.2 Å². The first-order valence-corrected chi connectivity index (χ1v) is 8.36. The molecule has 3 N–H and O–H groups in total. The lowest BCUT2D eigenvalue weighted by Gasteiger charge is -2.34. The van der Waals surface area contributed by atoms with Crippen molar-refractivity contribution < 1.29 is 13.2 Å². The second-order valence-electron chi connectivity index (χ2n) is 5.33. The maximum absolute atomic E-state index is 12.5. The second kappa shape index (κ2) is 5.28. The van der Waals surface area contributed by atoms with Gasteiger partial charge in [0.1, 0.15) is 6.04 Å². The average molecular weight is 310 g/mol. The first kappa shape index (κ1) is 14.3. The van der Waals surface area contributed by atoms with E-state index in [1.54, 1.807) is 4.90 Å². The van der Waals surface area contributed by atoms with E-state index >= 15 is 0 Å². The normalized spacial score (nSPS) is 22.7. The summed E-state index contributed by atoms with van der Waals surface area (Å²) in [6.45, 7) is 1.27. The number of para-hydroxylation sites is 1. The van der Waals surface area contributed by atoms with Gasteiger partial charge in [0.05, 0.1) is 0 Å². The Balaban J connectivity index is 1.61. The average Bonchev–Trinajstić information content (AvgIpc) is 2.89. The summed E-state index contributed by atoms with van der Waals surface area (Å²) < 4.78 is 23.7. The standard InChI is InChI=1S/C13H18N4O3S/c14-21(19,20)17-7-5-16(6-8-17)13(18)12-9-10-3-1-2-4-11(10)15-12/h1-4,12,15H,5-9H2,(H2,14,19,20)/t12-/m0/s1. The van der Waals surface area contributed by atoms with Gasteiger partial charge in [-0.15, -0.1) is 0 Å².